The highest BCUT2D eigenvalue weighted by Gasteiger charge is 2.14. The molecule has 0 aliphatic carbocycles. The third-order valence-electron chi connectivity index (χ3n) is 3.90. The molecule has 2 rings (SSSR count). The maximum Gasteiger partial charge on any atom is 0.120 e. The largest absolute Gasteiger partial charge is 0.494 e. The van der Waals surface area contributed by atoms with E-state index < -0.39 is 0 Å². The number of hydrogen-bond acceptors (Lipinski definition) is 2. The Balaban J connectivity index is 1.58. The molecule has 1 saturated heterocycles. The van der Waals surface area contributed by atoms with Gasteiger partial charge in [-0.15, -0.1) is 0 Å². The van der Waals surface area contributed by atoms with Crippen LogP contribution in [0.25, 0.3) is 0 Å². The highest BCUT2D eigenvalue weighted by Crippen LogP contribution is 2.26. The Morgan fingerprint density at radius 1 is 1.15 bits per heavy atom. The zero-order valence-corrected chi connectivity index (χ0v) is 13.6. The molecule has 112 valence electrons. The van der Waals surface area contributed by atoms with Gasteiger partial charge in [-0.3, -0.25) is 0 Å². The van der Waals surface area contributed by atoms with E-state index in [1.807, 2.05) is 6.07 Å². The van der Waals surface area contributed by atoms with Gasteiger partial charge in [-0.2, -0.15) is 0 Å². The van der Waals surface area contributed by atoms with Crippen LogP contribution >= 0.6 is 23.2 Å². The first-order valence-electron chi connectivity index (χ1n) is 7.45. The van der Waals surface area contributed by atoms with Crippen LogP contribution in [0.4, 0.5) is 0 Å². The predicted octanol–water partition coefficient (Wildman–Crippen LogP) is 4.88. The number of ether oxygens (including phenoxy) is 1. The molecule has 1 aromatic rings. The van der Waals surface area contributed by atoms with E-state index in [1.54, 1.807) is 12.1 Å². The van der Waals surface area contributed by atoms with E-state index in [-0.39, 0.29) is 0 Å². The normalized spacial score (nSPS) is 17.4. The van der Waals surface area contributed by atoms with E-state index in [0.717, 1.165) is 24.7 Å². The van der Waals surface area contributed by atoms with Crippen molar-refractivity contribution in [3.05, 3.63) is 28.2 Å². The lowest BCUT2D eigenvalue weighted by molar-refractivity contribution is 0.185. The van der Waals surface area contributed by atoms with Crippen molar-refractivity contribution in [1.82, 2.24) is 4.90 Å². The van der Waals surface area contributed by atoms with Gasteiger partial charge >= 0.3 is 0 Å². The topological polar surface area (TPSA) is 12.5 Å². The summed E-state index contributed by atoms with van der Waals surface area (Å²) < 4.78 is 5.69. The van der Waals surface area contributed by atoms with Gasteiger partial charge in [0.2, 0.25) is 0 Å². The smallest absolute Gasteiger partial charge is 0.120 e. The number of hydrogen-bond donors (Lipinski definition) is 0. The Morgan fingerprint density at radius 2 is 1.90 bits per heavy atom. The summed E-state index contributed by atoms with van der Waals surface area (Å²) in [6.45, 7) is 6.80. The first kappa shape index (κ1) is 15.9. The molecule has 20 heavy (non-hydrogen) atoms. The molecule has 0 atom stereocenters. The van der Waals surface area contributed by atoms with Crippen molar-refractivity contribution in [2.75, 3.05) is 26.2 Å². The van der Waals surface area contributed by atoms with E-state index >= 15 is 0 Å². The van der Waals surface area contributed by atoms with Crippen LogP contribution in [0.3, 0.4) is 0 Å². The Bertz CT molecular complexity index is 417. The zero-order valence-electron chi connectivity index (χ0n) is 12.1. The number of nitrogens with zero attached hydrogens (tertiary/aromatic N) is 1. The van der Waals surface area contributed by atoms with Gasteiger partial charge in [0.15, 0.2) is 0 Å². The molecule has 1 fully saturated rings. The fraction of sp³-hybridized carbons (Fsp3) is 0.625. The van der Waals surface area contributed by atoms with Crippen molar-refractivity contribution in [2.24, 2.45) is 5.92 Å². The van der Waals surface area contributed by atoms with Crippen LogP contribution in [0.15, 0.2) is 18.2 Å². The number of halogens is 2. The van der Waals surface area contributed by atoms with Crippen LogP contribution in [0.5, 0.6) is 5.75 Å². The first-order chi connectivity index (χ1) is 9.65. The Kier molecular flexibility index (Phi) is 6.47. The maximum atomic E-state index is 5.95. The lowest BCUT2D eigenvalue weighted by atomic mass is 9.99. The molecule has 0 N–H and O–H groups in total. The SMILES string of the molecule is CC1CCN(CCCCOc2ccc(Cl)c(Cl)c2)CC1. The van der Waals surface area contributed by atoms with Crippen LogP contribution in [0.1, 0.15) is 32.6 Å². The van der Waals surface area contributed by atoms with Crippen LogP contribution in [0.2, 0.25) is 10.0 Å². The van der Waals surface area contributed by atoms with E-state index in [2.05, 4.69) is 11.8 Å². The molecule has 1 aliphatic rings. The average molecular weight is 316 g/mol. The summed E-state index contributed by atoms with van der Waals surface area (Å²) in [5.41, 5.74) is 0. The van der Waals surface area contributed by atoms with Gasteiger partial charge in [0.05, 0.1) is 16.7 Å². The molecule has 0 radical (unpaired) electrons. The zero-order chi connectivity index (χ0) is 14.4. The number of piperidine rings is 1. The Morgan fingerprint density at radius 3 is 2.60 bits per heavy atom. The third-order valence-corrected chi connectivity index (χ3v) is 4.64. The third kappa shape index (κ3) is 5.16. The molecule has 0 spiro atoms. The average Bonchev–Trinajstić information content (AvgIpc) is 2.44. The molecule has 1 aliphatic heterocycles. The van der Waals surface area contributed by atoms with Crippen molar-refractivity contribution in [1.29, 1.82) is 0 Å². The number of benzene rings is 1. The lowest BCUT2D eigenvalue weighted by Gasteiger charge is -2.30. The van der Waals surface area contributed by atoms with Crippen LogP contribution in [-0.2, 0) is 0 Å². The molecule has 0 saturated carbocycles. The Labute approximate surface area is 132 Å². The highest BCUT2D eigenvalue weighted by atomic mass is 35.5. The maximum absolute atomic E-state index is 5.95. The summed E-state index contributed by atoms with van der Waals surface area (Å²) in [6.07, 6.45) is 4.96. The number of rotatable bonds is 6. The predicted molar refractivity (Wildman–Crippen MR) is 86.0 cm³/mol. The molecule has 0 aromatic heterocycles. The molecule has 2 nitrogen and oxygen atoms in total. The summed E-state index contributed by atoms with van der Waals surface area (Å²) >= 11 is 11.8. The van der Waals surface area contributed by atoms with Crippen molar-refractivity contribution in [2.45, 2.75) is 32.6 Å². The van der Waals surface area contributed by atoms with E-state index in [4.69, 9.17) is 27.9 Å². The quantitative estimate of drug-likeness (QED) is 0.693. The van der Waals surface area contributed by atoms with Gasteiger partial charge in [0.25, 0.3) is 0 Å². The molecule has 1 heterocycles. The van der Waals surface area contributed by atoms with E-state index in [9.17, 15) is 0 Å². The standard InChI is InChI=1S/C16H23Cl2NO/c1-13-6-9-19(10-7-13)8-2-3-11-20-14-4-5-15(17)16(18)12-14/h4-5,12-13H,2-3,6-11H2,1H3. The second kappa shape index (κ2) is 8.11. The summed E-state index contributed by atoms with van der Waals surface area (Å²) in [5.74, 6) is 1.70. The lowest BCUT2D eigenvalue weighted by Crippen LogP contribution is -2.33. The molecular weight excluding hydrogens is 293 g/mol. The number of likely N-dealkylation sites (tertiary alicyclic amines) is 1. The van der Waals surface area contributed by atoms with Gasteiger partial charge in [0, 0.05) is 6.07 Å². The summed E-state index contributed by atoms with van der Waals surface area (Å²) in [7, 11) is 0. The summed E-state index contributed by atoms with van der Waals surface area (Å²) in [4.78, 5) is 2.57. The molecule has 1 aromatic carbocycles. The van der Waals surface area contributed by atoms with Crippen molar-refractivity contribution >= 4 is 23.2 Å². The van der Waals surface area contributed by atoms with Crippen LogP contribution in [-0.4, -0.2) is 31.1 Å². The van der Waals surface area contributed by atoms with Gasteiger partial charge in [-0.25, -0.2) is 0 Å². The van der Waals surface area contributed by atoms with Crippen molar-refractivity contribution in [3.8, 4) is 5.75 Å². The van der Waals surface area contributed by atoms with Gasteiger partial charge in [-0.1, -0.05) is 30.1 Å². The molecule has 0 bridgehead atoms. The summed E-state index contributed by atoms with van der Waals surface area (Å²) in [6, 6.07) is 5.41. The van der Waals surface area contributed by atoms with Gasteiger partial charge in [0.1, 0.15) is 5.75 Å². The highest BCUT2D eigenvalue weighted by molar-refractivity contribution is 6.42. The van der Waals surface area contributed by atoms with Crippen molar-refractivity contribution in [3.63, 3.8) is 0 Å². The molecule has 0 unspecified atom stereocenters. The molecule has 0 amide bonds. The molecular formula is C16H23Cl2NO. The minimum Gasteiger partial charge on any atom is -0.494 e. The minimum atomic E-state index is 0.548. The van der Waals surface area contributed by atoms with E-state index in [1.165, 1.54) is 38.9 Å². The fourth-order valence-corrected chi connectivity index (χ4v) is 2.77. The van der Waals surface area contributed by atoms with Gasteiger partial charge in [-0.05, 0) is 63.4 Å². The fourth-order valence-electron chi connectivity index (χ4n) is 2.48. The second-order valence-electron chi connectivity index (χ2n) is 5.66. The monoisotopic (exact) mass is 315 g/mol. The second-order valence-corrected chi connectivity index (χ2v) is 6.47. The minimum absolute atomic E-state index is 0.548. The van der Waals surface area contributed by atoms with Crippen LogP contribution < -0.4 is 4.74 Å². The van der Waals surface area contributed by atoms with Gasteiger partial charge < -0.3 is 9.64 Å². The molecule has 4 heteroatoms. The Hall–Kier alpha value is -0.440. The van der Waals surface area contributed by atoms with Crippen molar-refractivity contribution < 1.29 is 4.74 Å². The van der Waals surface area contributed by atoms with E-state index in [0.29, 0.717) is 10.0 Å². The van der Waals surface area contributed by atoms with Crippen LogP contribution in [0, 0.1) is 5.92 Å². The summed E-state index contributed by atoms with van der Waals surface area (Å²) in [5, 5.41) is 1.12. The first-order valence-corrected chi connectivity index (χ1v) is 8.21. The number of unbranched alkanes of at least 4 members (excludes halogenated alkanes) is 1.